The van der Waals surface area contributed by atoms with Crippen molar-refractivity contribution in [2.75, 3.05) is 32.1 Å². The largest absolute Gasteiger partial charge is 0.469 e. The van der Waals surface area contributed by atoms with Gasteiger partial charge in [0.25, 0.3) is 11.6 Å². The lowest BCUT2D eigenvalue weighted by Crippen LogP contribution is -3.14. The van der Waals surface area contributed by atoms with Gasteiger partial charge in [-0.25, -0.2) is 0 Å². The maximum Gasteiger partial charge on any atom is 0.309 e. The average molecular weight is 350 g/mol. The summed E-state index contributed by atoms with van der Waals surface area (Å²) in [4.78, 5) is 35.6. The summed E-state index contributed by atoms with van der Waals surface area (Å²) in [6, 6.07) is 3.08. The van der Waals surface area contributed by atoms with Crippen LogP contribution in [-0.4, -0.2) is 43.5 Å². The number of amides is 1. The molecule has 0 aliphatic carbocycles. The fraction of sp³-hybridized carbons (Fsp3) is 0.529. The van der Waals surface area contributed by atoms with Gasteiger partial charge in [0.1, 0.15) is 5.69 Å². The molecule has 0 radical (unpaired) electrons. The molecule has 1 amide bonds. The Labute approximate surface area is 146 Å². The number of methoxy groups -OCH3 is 1. The molecule has 1 aromatic rings. The highest BCUT2D eigenvalue weighted by Crippen LogP contribution is 2.30. The van der Waals surface area contributed by atoms with Crippen molar-refractivity contribution in [3.05, 3.63) is 33.4 Å². The zero-order valence-corrected chi connectivity index (χ0v) is 14.8. The molecule has 136 valence electrons. The molecule has 0 unspecified atom stereocenters. The number of rotatable bonds is 5. The summed E-state index contributed by atoms with van der Waals surface area (Å²) in [5.41, 5.74) is 1.74. The van der Waals surface area contributed by atoms with E-state index in [1.54, 1.807) is 13.0 Å². The number of nitro benzene ring substituents is 1. The third-order valence-electron chi connectivity index (χ3n) is 4.81. The van der Waals surface area contributed by atoms with Crippen LogP contribution in [0.15, 0.2) is 12.1 Å². The van der Waals surface area contributed by atoms with Crippen LogP contribution in [0.2, 0.25) is 0 Å². The highest BCUT2D eigenvalue weighted by atomic mass is 16.6. The second-order valence-corrected chi connectivity index (χ2v) is 6.43. The first-order valence-corrected chi connectivity index (χ1v) is 8.29. The van der Waals surface area contributed by atoms with Gasteiger partial charge >= 0.3 is 5.97 Å². The van der Waals surface area contributed by atoms with Crippen LogP contribution in [0.5, 0.6) is 0 Å². The van der Waals surface area contributed by atoms with Gasteiger partial charge in [-0.1, -0.05) is 6.07 Å². The molecule has 2 rings (SSSR count). The van der Waals surface area contributed by atoms with E-state index < -0.39 is 4.92 Å². The van der Waals surface area contributed by atoms with E-state index in [4.69, 9.17) is 4.74 Å². The highest BCUT2D eigenvalue weighted by molar-refractivity contribution is 5.95. The van der Waals surface area contributed by atoms with Crippen molar-refractivity contribution < 1.29 is 24.1 Å². The van der Waals surface area contributed by atoms with Gasteiger partial charge in [-0.15, -0.1) is 0 Å². The Morgan fingerprint density at radius 3 is 2.52 bits per heavy atom. The highest BCUT2D eigenvalue weighted by Gasteiger charge is 2.29. The standard InChI is InChI=1S/C17H23N3O5/c1-11-4-5-14(20(23)24)16(12(11)2)18-15(21)10-19-8-6-13(7-9-19)17(22)25-3/h4-5,13H,6-10H2,1-3H3,(H,18,21)/p+1. The van der Waals surface area contributed by atoms with E-state index in [0.717, 1.165) is 10.5 Å². The number of hydrogen-bond acceptors (Lipinski definition) is 5. The molecule has 0 bridgehead atoms. The monoisotopic (exact) mass is 350 g/mol. The number of benzene rings is 1. The Morgan fingerprint density at radius 1 is 1.32 bits per heavy atom. The third kappa shape index (κ3) is 4.54. The van der Waals surface area contributed by atoms with Gasteiger partial charge in [-0.05, 0) is 25.0 Å². The zero-order chi connectivity index (χ0) is 18.6. The Kier molecular flexibility index (Phi) is 6.08. The third-order valence-corrected chi connectivity index (χ3v) is 4.81. The van der Waals surface area contributed by atoms with E-state index in [0.29, 0.717) is 31.5 Å². The summed E-state index contributed by atoms with van der Waals surface area (Å²) in [5.74, 6) is -0.560. The number of nitro groups is 1. The van der Waals surface area contributed by atoms with E-state index in [2.05, 4.69) is 5.32 Å². The van der Waals surface area contributed by atoms with Crippen molar-refractivity contribution in [2.45, 2.75) is 26.7 Å². The first kappa shape index (κ1) is 18.9. The van der Waals surface area contributed by atoms with Crippen molar-refractivity contribution >= 4 is 23.3 Å². The number of likely N-dealkylation sites (tertiary alicyclic amines) is 1. The van der Waals surface area contributed by atoms with Crippen LogP contribution in [0.1, 0.15) is 24.0 Å². The quantitative estimate of drug-likeness (QED) is 0.460. The van der Waals surface area contributed by atoms with Crippen molar-refractivity contribution in [3.63, 3.8) is 0 Å². The van der Waals surface area contributed by atoms with Crippen LogP contribution in [0.4, 0.5) is 11.4 Å². The summed E-state index contributed by atoms with van der Waals surface area (Å²) in [5, 5.41) is 13.9. The smallest absolute Gasteiger partial charge is 0.309 e. The van der Waals surface area contributed by atoms with Crippen molar-refractivity contribution in [2.24, 2.45) is 5.92 Å². The lowest BCUT2D eigenvalue weighted by Gasteiger charge is -2.27. The maximum absolute atomic E-state index is 12.3. The Hall–Kier alpha value is -2.48. The molecule has 1 aromatic carbocycles. The summed E-state index contributed by atoms with van der Waals surface area (Å²) >= 11 is 0. The molecule has 0 saturated carbocycles. The normalized spacial score (nSPS) is 20.0. The number of esters is 1. The van der Waals surface area contributed by atoms with E-state index in [-0.39, 0.29) is 35.7 Å². The van der Waals surface area contributed by atoms with Gasteiger partial charge in [0.2, 0.25) is 0 Å². The predicted molar refractivity (Wildman–Crippen MR) is 91.5 cm³/mol. The molecule has 8 nitrogen and oxygen atoms in total. The Morgan fingerprint density at radius 2 is 1.96 bits per heavy atom. The van der Waals surface area contributed by atoms with Crippen LogP contribution in [0, 0.1) is 29.9 Å². The van der Waals surface area contributed by atoms with Crippen molar-refractivity contribution in [3.8, 4) is 0 Å². The Bertz CT molecular complexity index is 681. The van der Waals surface area contributed by atoms with Crippen LogP contribution in [0.3, 0.4) is 0 Å². The van der Waals surface area contributed by atoms with E-state index >= 15 is 0 Å². The molecule has 25 heavy (non-hydrogen) atoms. The van der Waals surface area contributed by atoms with Crippen LogP contribution < -0.4 is 10.2 Å². The number of quaternary nitrogens is 1. The molecular weight excluding hydrogens is 326 g/mol. The average Bonchev–Trinajstić information content (AvgIpc) is 2.58. The molecule has 0 spiro atoms. The maximum atomic E-state index is 12.3. The lowest BCUT2D eigenvalue weighted by molar-refractivity contribution is -0.897. The second-order valence-electron chi connectivity index (χ2n) is 6.43. The van der Waals surface area contributed by atoms with Gasteiger partial charge < -0.3 is 15.0 Å². The molecule has 2 N–H and O–H groups in total. The lowest BCUT2D eigenvalue weighted by atomic mass is 9.97. The van der Waals surface area contributed by atoms with Gasteiger partial charge in [0.15, 0.2) is 6.54 Å². The number of anilines is 1. The zero-order valence-electron chi connectivity index (χ0n) is 14.8. The fourth-order valence-corrected chi connectivity index (χ4v) is 3.13. The SMILES string of the molecule is COC(=O)C1CC[NH+](CC(=O)Nc2c([N+](=O)[O-])ccc(C)c2C)CC1. The van der Waals surface area contributed by atoms with Gasteiger partial charge in [0, 0.05) is 18.9 Å². The topological polar surface area (TPSA) is 103 Å². The molecule has 1 aliphatic rings. The molecule has 1 heterocycles. The molecular formula is C17H24N3O5+. The number of carbonyl (C=O) groups is 2. The van der Waals surface area contributed by atoms with Crippen molar-refractivity contribution in [1.82, 2.24) is 0 Å². The predicted octanol–water partition coefficient (Wildman–Crippen LogP) is 0.618. The number of carbonyl (C=O) groups excluding carboxylic acids is 2. The molecule has 8 heteroatoms. The first-order chi connectivity index (χ1) is 11.8. The van der Waals surface area contributed by atoms with Crippen molar-refractivity contribution in [1.29, 1.82) is 0 Å². The first-order valence-electron chi connectivity index (χ1n) is 8.29. The number of aryl methyl sites for hydroxylation is 1. The molecule has 1 fully saturated rings. The molecule has 1 aliphatic heterocycles. The van der Waals surface area contributed by atoms with E-state index in [1.165, 1.54) is 13.2 Å². The minimum absolute atomic E-state index is 0.100. The van der Waals surface area contributed by atoms with Gasteiger partial charge in [-0.2, -0.15) is 0 Å². The number of piperidine rings is 1. The van der Waals surface area contributed by atoms with E-state index in [9.17, 15) is 19.7 Å². The summed E-state index contributed by atoms with van der Waals surface area (Å²) in [7, 11) is 1.38. The summed E-state index contributed by atoms with van der Waals surface area (Å²) in [6.07, 6.45) is 1.36. The van der Waals surface area contributed by atoms with Crippen LogP contribution in [-0.2, 0) is 14.3 Å². The van der Waals surface area contributed by atoms with Gasteiger partial charge in [-0.3, -0.25) is 19.7 Å². The van der Waals surface area contributed by atoms with Crippen LogP contribution in [0.25, 0.3) is 0 Å². The molecule has 0 atom stereocenters. The Balaban J connectivity index is 1.99. The fourth-order valence-electron chi connectivity index (χ4n) is 3.13. The van der Waals surface area contributed by atoms with E-state index in [1.807, 2.05) is 6.92 Å². The minimum Gasteiger partial charge on any atom is -0.469 e. The number of nitrogens with zero attached hydrogens (tertiary/aromatic N) is 1. The summed E-state index contributed by atoms with van der Waals surface area (Å²) in [6.45, 7) is 5.22. The summed E-state index contributed by atoms with van der Waals surface area (Å²) < 4.78 is 4.75. The molecule has 1 saturated heterocycles. The van der Waals surface area contributed by atoms with Gasteiger partial charge in [0.05, 0.1) is 31.0 Å². The molecule has 0 aromatic heterocycles. The second kappa shape index (κ2) is 8.06. The minimum atomic E-state index is -0.489. The van der Waals surface area contributed by atoms with Crippen LogP contribution >= 0.6 is 0 Å². The number of ether oxygens (including phenoxy) is 1. The number of nitrogens with one attached hydrogen (secondary N) is 2. The number of hydrogen-bond donors (Lipinski definition) is 2.